The maximum Gasteiger partial charge on any atom is 0.194 e. The van der Waals surface area contributed by atoms with Crippen molar-refractivity contribution in [3.63, 3.8) is 0 Å². The molecule has 2 aromatic carbocycles. The molecule has 0 bridgehead atoms. The molecule has 0 radical (unpaired) electrons. The van der Waals surface area contributed by atoms with Crippen LogP contribution in [0.25, 0.3) is 0 Å². The number of carbonyl (C=O) groups excluding carboxylic acids is 2. The summed E-state index contributed by atoms with van der Waals surface area (Å²) < 4.78 is 0. The highest BCUT2D eigenvalue weighted by Gasteiger charge is 2.30. The second-order valence-electron chi connectivity index (χ2n) is 9.53. The second-order valence-corrected chi connectivity index (χ2v) is 9.53. The summed E-state index contributed by atoms with van der Waals surface area (Å²) in [5, 5.41) is 0. The average molecular weight is 457 g/mol. The summed E-state index contributed by atoms with van der Waals surface area (Å²) >= 11 is 0. The molecule has 0 amide bonds. The lowest BCUT2D eigenvalue weighted by Crippen LogP contribution is -2.33. The summed E-state index contributed by atoms with van der Waals surface area (Å²) in [5.74, 6) is 1.67. The Bertz CT molecular complexity index is 1090. The van der Waals surface area contributed by atoms with Crippen LogP contribution in [0.5, 0.6) is 0 Å². The molecule has 5 rings (SSSR count). The van der Waals surface area contributed by atoms with Gasteiger partial charge in [0.05, 0.1) is 11.4 Å². The van der Waals surface area contributed by atoms with Gasteiger partial charge in [-0.2, -0.15) is 0 Å². The first kappa shape index (κ1) is 22.5. The first-order chi connectivity index (χ1) is 16.5. The fraction of sp³-hybridized carbons (Fsp3) is 0.429. The number of aliphatic imine (C=N–C) groups is 2. The molecule has 6 nitrogen and oxygen atoms in total. The molecule has 3 aliphatic rings. The zero-order valence-corrected chi connectivity index (χ0v) is 20.1. The number of ketones is 2. The molecule has 34 heavy (non-hydrogen) atoms. The molecule has 0 N–H and O–H groups in total. The van der Waals surface area contributed by atoms with E-state index in [9.17, 15) is 9.59 Å². The molecule has 0 aromatic heterocycles. The van der Waals surface area contributed by atoms with E-state index in [-0.39, 0.29) is 11.6 Å². The smallest absolute Gasteiger partial charge is 0.194 e. The van der Waals surface area contributed by atoms with Crippen molar-refractivity contribution in [1.29, 1.82) is 0 Å². The summed E-state index contributed by atoms with van der Waals surface area (Å²) in [6.45, 7) is 8.11. The molecule has 176 valence electrons. The van der Waals surface area contributed by atoms with Gasteiger partial charge in [0.15, 0.2) is 11.6 Å². The minimum absolute atomic E-state index is 0.124. The van der Waals surface area contributed by atoms with E-state index >= 15 is 0 Å². The van der Waals surface area contributed by atoms with Crippen molar-refractivity contribution in [3.8, 4) is 0 Å². The molecule has 0 spiro atoms. The van der Waals surface area contributed by atoms with Gasteiger partial charge in [-0.3, -0.25) is 9.59 Å². The second kappa shape index (κ2) is 9.53. The minimum Gasteiger partial charge on any atom is -0.360 e. The van der Waals surface area contributed by atoms with Crippen LogP contribution in [0.15, 0.2) is 46.4 Å². The number of hydrogen-bond acceptors (Lipinski definition) is 4. The van der Waals surface area contributed by atoms with Crippen molar-refractivity contribution in [1.82, 2.24) is 9.80 Å². The van der Waals surface area contributed by atoms with Crippen LogP contribution in [0.1, 0.15) is 84.2 Å². The lowest BCUT2D eigenvalue weighted by atomic mass is 9.83. The molecule has 0 saturated carbocycles. The number of rotatable bonds is 2. The number of fused-ring (bicyclic) bond motifs is 2. The van der Waals surface area contributed by atoms with Crippen molar-refractivity contribution in [2.75, 3.05) is 26.2 Å². The van der Waals surface area contributed by atoms with Crippen LogP contribution in [0.2, 0.25) is 0 Å². The van der Waals surface area contributed by atoms with E-state index in [0.29, 0.717) is 33.6 Å². The van der Waals surface area contributed by atoms with Gasteiger partial charge in [0.2, 0.25) is 0 Å². The zero-order valence-electron chi connectivity index (χ0n) is 20.1. The average Bonchev–Trinajstić information content (AvgIpc) is 2.88. The quantitative estimate of drug-likeness (QED) is 0.375. The first-order valence-corrected chi connectivity index (χ1v) is 12.5. The predicted octanol–water partition coefficient (Wildman–Crippen LogP) is 5.53. The van der Waals surface area contributed by atoms with E-state index in [4.69, 9.17) is 9.98 Å². The Balaban J connectivity index is 1.42. The standard InChI is InChI=1S/C28H32N4O2/c1-19(31-13-5-3-6-14-31)29-21-9-11-23-25(17-21)27(33)24-12-10-22(18-26(24)28(23)34)30-20(2)32-15-7-4-8-16-32/h9-12,17-18H,3-8,13-16H2,1-2H3/b29-19+,30-20+. The van der Waals surface area contributed by atoms with Gasteiger partial charge < -0.3 is 9.80 Å². The van der Waals surface area contributed by atoms with Crippen molar-refractivity contribution in [2.24, 2.45) is 9.98 Å². The summed E-state index contributed by atoms with van der Waals surface area (Å²) in [7, 11) is 0. The Morgan fingerprint density at radius 3 is 1.35 bits per heavy atom. The zero-order chi connectivity index (χ0) is 23.7. The highest BCUT2D eigenvalue weighted by molar-refractivity contribution is 6.28. The Morgan fingerprint density at radius 1 is 0.588 bits per heavy atom. The lowest BCUT2D eigenvalue weighted by Gasteiger charge is -2.28. The first-order valence-electron chi connectivity index (χ1n) is 12.5. The normalized spacial score (nSPS) is 19.2. The molecule has 2 fully saturated rings. The SMILES string of the molecule is C/C(=N\c1ccc2c(c1)C(=O)c1ccc(/N=C(\C)N3CCCCC3)cc1C2=O)N1CCCCC1. The van der Waals surface area contributed by atoms with Crippen molar-refractivity contribution < 1.29 is 9.59 Å². The summed E-state index contributed by atoms with van der Waals surface area (Å²) in [6, 6.07) is 10.7. The van der Waals surface area contributed by atoms with E-state index in [2.05, 4.69) is 9.80 Å². The third-order valence-corrected chi connectivity index (χ3v) is 7.19. The van der Waals surface area contributed by atoms with Gasteiger partial charge in [-0.05, 0) is 88.8 Å². The molecule has 1 aliphatic carbocycles. The van der Waals surface area contributed by atoms with Gasteiger partial charge in [0.1, 0.15) is 11.7 Å². The van der Waals surface area contributed by atoms with E-state index < -0.39 is 0 Å². The van der Waals surface area contributed by atoms with E-state index in [0.717, 1.165) is 37.9 Å². The fourth-order valence-corrected chi connectivity index (χ4v) is 5.22. The van der Waals surface area contributed by atoms with Crippen molar-refractivity contribution >= 4 is 34.6 Å². The molecule has 2 heterocycles. The molecular formula is C28H32N4O2. The van der Waals surface area contributed by atoms with E-state index in [1.54, 1.807) is 24.3 Å². The number of carbonyl (C=O) groups is 2. The topological polar surface area (TPSA) is 65.3 Å². The number of piperidine rings is 2. The number of amidine groups is 2. The molecule has 0 unspecified atom stereocenters. The van der Waals surface area contributed by atoms with Crippen molar-refractivity contribution in [2.45, 2.75) is 52.4 Å². The highest BCUT2D eigenvalue weighted by atomic mass is 16.1. The predicted molar refractivity (Wildman–Crippen MR) is 136 cm³/mol. The number of likely N-dealkylation sites (tertiary alicyclic amines) is 2. The largest absolute Gasteiger partial charge is 0.360 e. The molecule has 2 saturated heterocycles. The highest BCUT2D eigenvalue weighted by Crippen LogP contribution is 2.32. The summed E-state index contributed by atoms with van der Waals surface area (Å²) in [6.07, 6.45) is 7.27. The summed E-state index contributed by atoms with van der Waals surface area (Å²) in [4.78, 5) is 40.7. The Hall–Kier alpha value is -3.28. The van der Waals surface area contributed by atoms with E-state index in [1.807, 2.05) is 26.0 Å². The van der Waals surface area contributed by atoms with Gasteiger partial charge in [-0.1, -0.05) is 0 Å². The van der Waals surface area contributed by atoms with Crippen molar-refractivity contribution in [3.05, 3.63) is 58.7 Å². The van der Waals surface area contributed by atoms with Crippen LogP contribution in [0.4, 0.5) is 11.4 Å². The van der Waals surface area contributed by atoms with Crippen LogP contribution < -0.4 is 0 Å². The molecule has 6 heteroatoms. The molecular weight excluding hydrogens is 424 g/mol. The van der Waals surface area contributed by atoms with Crippen LogP contribution in [0, 0.1) is 0 Å². The van der Waals surface area contributed by atoms with Crippen LogP contribution in [-0.2, 0) is 0 Å². The third-order valence-electron chi connectivity index (χ3n) is 7.19. The van der Waals surface area contributed by atoms with Gasteiger partial charge in [0, 0.05) is 48.4 Å². The molecule has 2 aliphatic heterocycles. The number of nitrogens with zero attached hydrogens (tertiary/aromatic N) is 4. The van der Waals surface area contributed by atoms with Crippen LogP contribution in [-0.4, -0.2) is 59.2 Å². The maximum absolute atomic E-state index is 13.3. The van der Waals surface area contributed by atoms with E-state index in [1.165, 1.54) is 38.5 Å². The van der Waals surface area contributed by atoms with Gasteiger partial charge >= 0.3 is 0 Å². The lowest BCUT2D eigenvalue weighted by molar-refractivity contribution is 0.0979. The molecule has 2 aromatic rings. The Kier molecular flexibility index (Phi) is 6.31. The summed E-state index contributed by atoms with van der Waals surface area (Å²) in [5.41, 5.74) is 3.19. The third kappa shape index (κ3) is 4.41. The van der Waals surface area contributed by atoms with Gasteiger partial charge in [-0.15, -0.1) is 0 Å². The van der Waals surface area contributed by atoms with Crippen LogP contribution in [0.3, 0.4) is 0 Å². The maximum atomic E-state index is 13.3. The Morgan fingerprint density at radius 2 is 0.971 bits per heavy atom. The van der Waals surface area contributed by atoms with Crippen LogP contribution >= 0.6 is 0 Å². The Labute approximate surface area is 201 Å². The minimum atomic E-state index is -0.124. The fourth-order valence-electron chi connectivity index (χ4n) is 5.22. The monoisotopic (exact) mass is 456 g/mol. The van der Waals surface area contributed by atoms with Gasteiger partial charge in [-0.25, -0.2) is 9.98 Å². The van der Waals surface area contributed by atoms with Gasteiger partial charge in [0.25, 0.3) is 0 Å². The number of benzene rings is 2. The molecule has 0 atom stereocenters. The number of hydrogen-bond donors (Lipinski definition) is 0.